The monoisotopic (exact) mass is 356 g/mol. The average molecular weight is 356 g/mol. The summed E-state index contributed by atoms with van der Waals surface area (Å²) in [7, 11) is 0. The van der Waals surface area contributed by atoms with Gasteiger partial charge < -0.3 is 25.2 Å². The Hall–Kier alpha value is -2.09. The molecule has 2 aliphatic rings. The lowest BCUT2D eigenvalue weighted by Crippen LogP contribution is -2.60. The number of ketones is 1. The van der Waals surface area contributed by atoms with E-state index in [1.54, 1.807) is 48.5 Å². The summed E-state index contributed by atoms with van der Waals surface area (Å²) < 4.78 is 5.80. The standard InChI is InChI=1S/C20H20O6/c21-9-14-17(23)18(24)19(25)20(26-14)15-10-5-1-3-7-12(10)16(22)13-8-4-2-6-11(13)15/h1-8,14-15,17-21,23-25H,9H2/t14-,17-,18+,19-,20?/m1/s1. The van der Waals surface area contributed by atoms with Gasteiger partial charge in [-0.3, -0.25) is 4.79 Å². The fourth-order valence-corrected chi connectivity index (χ4v) is 4.02. The Morgan fingerprint density at radius 3 is 1.88 bits per heavy atom. The third-order valence-corrected chi connectivity index (χ3v) is 5.34. The molecule has 2 aromatic carbocycles. The Bertz CT molecular complexity index is 783. The van der Waals surface area contributed by atoms with Crippen LogP contribution in [0.1, 0.15) is 33.0 Å². The van der Waals surface area contributed by atoms with Gasteiger partial charge in [0, 0.05) is 17.0 Å². The second-order valence-corrected chi connectivity index (χ2v) is 6.77. The Labute approximate surface area is 150 Å². The molecule has 1 saturated heterocycles. The maximum atomic E-state index is 12.8. The molecule has 6 heteroatoms. The molecule has 4 N–H and O–H groups in total. The SMILES string of the molecule is O=C1c2ccccc2C(C2O[C@H](CO)[C@@H](O)[C@H](O)[C@H]2O)c2ccccc21. The summed E-state index contributed by atoms with van der Waals surface area (Å²) in [4.78, 5) is 12.8. The molecule has 6 nitrogen and oxygen atoms in total. The first-order valence-electron chi connectivity index (χ1n) is 8.57. The van der Waals surface area contributed by atoms with Gasteiger partial charge in [-0.2, -0.15) is 0 Å². The molecule has 0 bridgehead atoms. The number of aliphatic hydroxyl groups excluding tert-OH is 4. The second-order valence-electron chi connectivity index (χ2n) is 6.77. The highest BCUT2D eigenvalue weighted by Crippen LogP contribution is 2.42. The van der Waals surface area contributed by atoms with Crippen LogP contribution in [0, 0.1) is 0 Å². The van der Waals surface area contributed by atoms with Gasteiger partial charge in [0.1, 0.15) is 24.4 Å². The van der Waals surface area contributed by atoms with Crippen LogP contribution in [0.5, 0.6) is 0 Å². The van der Waals surface area contributed by atoms with Crippen LogP contribution in [0.4, 0.5) is 0 Å². The minimum absolute atomic E-state index is 0.1000. The van der Waals surface area contributed by atoms with E-state index in [4.69, 9.17) is 4.74 Å². The number of ether oxygens (including phenoxy) is 1. The first-order valence-corrected chi connectivity index (χ1v) is 8.57. The minimum Gasteiger partial charge on any atom is -0.394 e. The zero-order valence-corrected chi connectivity index (χ0v) is 13.9. The number of aliphatic hydroxyl groups is 4. The summed E-state index contributed by atoms with van der Waals surface area (Å²) >= 11 is 0. The molecule has 0 radical (unpaired) electrons. The van der Waals surface area contributed by atoms with Gasteiger partial charge in [0.25, 0.3) is 0 Å². The van der Waals surface area contributed by atoms with Gasteiger partial charge in [-0.1, -0.05) is 48.5 Å². The van der Waals surface area contributed by atoms with Crippen molar-refractivity contribution in [2.24, 2.45) is 0 Å². The van der Waals surface area contributed by atoms with Gasteiger partial charge in [-0.25, -0.2) is 0 Å². The highest BCUT2D eigenvalue weighted by Gasteiger charge is 2.49. The second kappa shape index (κ2) is 6.57. The molecule has 0 spiro atoms. The molecular weight excluding hydrogens is 336 g/mol. The van der Waals surface area contributed by atoms with Gasteiger partial charge in [0.05, 0.1) is 12.7 Å². The predicted molar refractivity (Wildman–Crippen MR) is 91.9 cm³/mol. The van der Waals surface area contributed by atoms with Gasteiger partial charge >= 0.3 is 0 Å². The molecule has 0 amide bonds. The highest BCUT2D eigenvalue weighted by atomic mass is 16.5. The molecule has 0 saturated carbocycles. The number of carbonyl (C=O) groups excluding carboxylic acids is 1. The first kappa shape index (κ1) is 17.3. The van der Waals surface area contributed by atoms with Crippen LogP contribution < -0.4 is 0 Å². The van der Waals surface area contributed by atoms with Gasteiger partial charge in [0.15, 0.2) is 5.78 Å². The summed E-state index contributed by atoms with van der Waals surface area (Å²) in [5, 5.41) is 40.3. The molecule has 1 fully saturated rings. The minimum atomic E-state index is -1.46. The van der Waals surface area contributed by atoms with E-state index >= 15 is 0 Å². The number of hydrogen-bond donors (Lipinski definition) is 4. The third-order valence-electron chi connectivity index (χ3n) is 5.34. The summed E-state index contributed by atoms with van der Waals surface area (Å²) in [5.41, 5.74) is 2.43. The quantitative estimate of drug-likeness (QED) is 0.613. The number of rotatable bonds is 2. The van der Waals surface area contributed by atoms with Gasteiger partial charge in [-0.15, -0.1) is 0 Å². The fraction of sp³-hybridized carbons (Fsp3) is 0.350. The third kappa shape index (κ3) is 2.50. The summed E-state index contributed by atoms with van der Waals surface area (Å²) in [5.74, 6) is -0.608. The molecule has 0 aromatic heterocycles. The predicted octanol–water partition coefficient (Wildman–Crippen LogP) is 0.205. The average Bonchev–Trinajstić information content (AvgIpc) is 2.68. The van der Waals surface area contributed by atoms with E-state index in [0.29, 0.717) is 22.3 Å². The van der Waals surface area contributed by atoms with Crippen LogP contribution in [0.2, 0.25) is 0 Å². The van der Waals surface area contributed by atoms with E-state index < -0.39 is 43.0 Å². The van der Waals surface area contributed by atoms with Crippen molar-refractivity contribution in [1.29, 1.82) is 0 Å². The summed E-state index contributed by atoms with van der Waals surface area (Å²) in [6.07, 6.45) is -6.15. The zero-order chi connectivity index (χ0) is 18.4. The summed E-state index contributed by atoms with van der Waals surface area (Å²) in [6.45, 7) is -0.490. The van der Waals surface area contributed by atoms with E-state index in [0.717, 1.165) is 0 Å². The molecule has 4 rings (SSSR count). The molecule has 1 aliphatic heterocycles. The van der Waals surface area contributed by atoms with Crippen LogP contribution >= 0.6 is 0 Å². The van der Waals surface area contributed by atoms with E-state index in [1.807, 2.05) is 0 Å². The van der Waals surface area contributed by atoms with Crippen molar-refractivity contribution in [1.82, 2.24) is 0 Å². The fourth-order valence-electron chi connectivity index (χ4n) is 4.02. The molecule has 2 aromatic rings. The smallest absolute Gasteiger partial charge is 0.193 e. The lowest BCUT2D eigenvalue weighted by atomic mass is 9.72. The lowest BCUT2D eigenvalue weighted by Gasteiger charge is -2.44. The molecule has 136 valence electrons. The number of carbonyl (C=O) groups is 1. The van der Waals surface area contributed by atoms with Crippen molar-refractivity contribution >= 4 is 5.78 Å². The van der Waals surface area contributed by atoms with Crippen molar-refractivity contribution < 1.29 is 30.0 Å². The first-order chi connectivity index (χ1) is 12.5. The number of fused-ring (bicyclic) bond motifs is 2. The van der Waals surface area contributed by atoms with E-state index in [9.17, 15) is 25.2 Å². The Kier molecular flexibility index (Phi) is 4.38. The largest absolute Gasteiger partial charge is 0.394 e. The maximum Gasteiger partial charge on any atom is 0.193 e. The van der Waals surface area contributed by atoms with Crippen molar-refractivity contribution in [3.05, 3.63) is 70.8 Å². The topological polar surface area (TPSA) is 107 Å². The Morgan fingerprint density at radius 2 is 1.35 bits per heavy atom. The lowest BCUT2D eigenvalue weighted by molar-refractivity contribution is -0.232. The van der Waals surface area contributed by atoms with Gasteiger partial charge in [0.2, 0.25) is 0 Å². The van der Waals surface area contributed by atoms with Crippen LogP contribution in [0.15, 0.2) is 48.5 Å². The molecule has 5 atom stereocenters. The Balaban J connectivity index is 1.86. The van der Waals surface area contributed by atoms with Crippen LogP contribution in [-0.2, 0) is 4.74 Å². The van der Waals surface area contributed by atoms with Crippen LogP contribution in [-0.4, -0.2) is 63.3 Å². The zero-order valence-electron chi connectivity index (χ0n) is 13.9. The molecule has 26 heavy (non-hydrogen) atoms. The maximum absolute atomic E-state index is 12.8. The molecule has 1 aliphatic carbocycles. The molecular formula is C20H20O6. The van der Waals surface area contributed by atoms with E-state index in [-0.39, 0.29) is 5.78 Å². The molecule has 1 unspecified atom stereocenters. The summed E-state index contributed by atoms with van der Waals surface area (Å²) in [6, 6.07) is 14.2. The number of benzene rings is 2. The highest BCUT2D eigenvalue weighted by molar-refractivity contribution is 6.12. The van der Waals surface area contributed by atoms with E-state index in [1.165, 1.54) is 0 Å². The van der Waals surface area contributed by atoms with Gasteiger partial charge in [-0.05, 0) is 11.1 Å². The Morgan fingerprint density at radius 1 is 0.808 bits per heavy atom. The molecule has 1 heterocycles. The van der Waals surface area contributed by atoms with Crippen molar-refractivity contribution in [3.63, 3.8) is 0 Å². The normalized spacial score (nSPS) is 31.4. The van der Waals surface area contributed by atoms with Crippen LogP contribution in [0.25, 0.3) is 0 Å². The number of hydrogen-bond acceptors (Lipinski definition) is 6. The van der Waals surface area contributed by atoms with Crippen molar-refractivity contribution in [2.75, 3.05) is 6.61 Å². The van der Waals surface area contributed by atoms with Crippen molar-refractivity contribution in [2.45, 2.75) is 36.4 Å². The van der Waals surface area contributed by atoms with Crippen molar-refractivity contribution in [3.8, 4) is 0 Å². The van der Waals surface area contributed by atoms with E-state index in [2.05, 4.69) is 0 Å². The van der Waals surface area contributed by atoms with Crippen LogP contribution in [0.3, 0.4) is 0 Å².